The van der Waals surface area contributed by atoms with Gasteiger partial charge in [0.1, 0.15) is 0 Å². The monoisotopic (exact) mass is 464 g/mol. The predicted octanol–water partition coefficient (Wildman–Crippen LogP) is 7.37. The number of rotatable bonds is 7. The van der Waals surface area contributed by atoms with E-state index < -0.39 is 10.1 Å². The molecule has 0 heterocycles. The molecule has 3 nitrogen and oxygen atoms in total. The molecule has 0 aromatic heterocycles. The van der Waals surface area contributed by atoms with Gasteiger partial charge >= 0.3 is 0 Å². The number of hydrogen-bond acceptors (Lipinski definition) is 3. The molecule has 0 radical (unpaired) electrons. The highest BCUT2D eigenvalue weighted by Crippen LogP contribution is 2.67. The van der Waals surface area contributed by atoms with Crippen LogP contribution in [0.4, 0.5) is 0 Å². The molecule has 8 atom stereocenters. The van der Waals surface area contributed by atoms with E-state index in [0.29, 0.717) is 5.41 Å². The Kier molecular flexibility index (Phi) is 6.98. The van der Waals surface area contributed by atoms with E-state index >= 15 is 0 Å². The Bertz CT molecular complexity index is 815. The summed E-state index contributed by atoms with van der Waals surface area (Å²) in [6.07, 6.45) is 17.3. The van der Waals surface area contributed by atoms with Crippen LogP contribution in [0.3, 0.4) is 0 Å². The summed E-state index contributed by atoms with van der Waals surface area (Å²) in [5.74, 6) is 5.05. The summed E-state index contributed by atoms with van der Waals surface area (Å²) in [7, 11) is -3.38. The van der Waals surface area contributed by atoms with E-state index in [-0.39, 0.29) is 11.5 Å². The Hall–Kier alpha value is -0.350. The molecule has 0 aromatic rings. The number of hydrogen-bond donors (Lipinski definition) is 0. The minimum Gasteiger partial charge on any atom is -0.267 e. The van der Waals surface area contributed by atoms with Gasteiger partial charge in [-0.05, 0) is 97.7 Å². The highest BCUT2D eigenvalue weighted by atomic mass is 32.2. The lowest BCUT2D eigenvalue weighted by Crippen LogP contribution is -2.51. The van der Waals surface area contributed by atoms with Crippen molar-refractivity contribution in [2.24, 2.45) is 46.3 Å². The van der Waals surface area contributed by atoms with Gasteiger partial charge in [0, 0.05) is 0 Å². The maximum absolute atomic E-state index is 11.7. The molecular weight excluding hydrogens is 416 g/mol. The Morgan fingerprint density at radius 1 is 1.03 bits per heavy atom. The van der Waals surface area contributed by atoms with E-state index in [1.54, 1.807) is 0 Å². The third-order valence-corrected chi connectivity index (χ3v) is 11.2. The van der Waals surface area contributed by atoms with Crippen molar-refractivity contribution in [1.82, 2.24) is 0 Å². The van der Waals surface area contributed by atoms with Crippen LogP contribution in [-0.2, 0) is 14.3 Å². The lowest BCUT2D eigenvalue weighted by atomic mass is 9.47. The van der Waals surface area contributed by atoms with E-state index in [9.17, 15) is 8.42 Å². The van der Waals surface area contributed by atoms with Gasteiger partial charge in [-0.25, -0.2) is 0 Å². The maximum Gasteiger partial charge on any atom is 0.264 e. The minimum atomic E-state index is -3.38. The third-order valence-electron chi connectivity index (χ3n) is 10.6. The first-order valence-corrected chi connectivity index (χ1v) is 15.3. The summed E-state index contributed by atoms with van der Waals surface area (Å²) in [4.78, 5) is 0. The molecule has 32 heavy (non-hydrogen) atoms. The van der Waals surface area contributed by atoms with Crippen LogP contribution in [0.2, 0.25) is 0 Å². The van der Waals surface area contributed by atoms with Crippen molar-refractivity contribution in [3.8, 4) is 0 Å². The first kappa shape index (κ1) is 24.8. The number of fused-ring (bicyclic) bond motifs is 5. The van der Waals surface area contributed by atoms with Crippen LogP contribution in [-0.4, -0.2) is 20.8 Å². The van der Waals surface area contributed by atoms with Crippen LogP contribution in [0.25, 0.3) is 0 Å². The molecule has 4 aliphatic carbocycles. The largest absolute Gasteiger partial charge is 0.267 e. The molecule has 0 saturated heterocycles. The normalized spacial score (nSPS) is 42.7. The van der Waals surface area contributed by atoms with E-state index in [1.165, 1.54) is 63.2 Å². The van der Waals surface area contributed by atoms with Crippen LogP contribution in [0.1, 0.15) is 105 Å². The maximum atomic E-state index is 11.7. The Morgan fingerprint density at radius 3 is 2.47 bits per heavy atom. The van der Waals surface area contributed by atoms with Crippen molar-refractivity contribution in [1.29, 1.82) is 0 Å². The van der Waals surface area contributed by atoms with Crippen molar-refractivity contribution in [3.63, 3.8) is 0 Å². The Morgan fingerprint density at radius 2 is 1.78 bits per heavy atom. The summed E-state index contributed by atoms with van der Waals surface area (Å²) in [6.45, 7) is 12.4. The fraction of sp³-hybridized carbons (Fsp3) is 0.929. The Labute approximate surface area is 198 Å². The summed E-state index contributed by atoms with van der Waals surface area (Å²) in [6, 6.07) is 0. The molecule has 0 aliphatic heterocycles. The second-order valence-corrected chi connectivity index (χ2v) is 14.6. The van der Waals surface area contributed by atoms with Gasteiger partial charge in [-0.15, -0.1) is 0 Å². The van der Waals surface area contributed by atoms with E-state index in [1.807, 2.05) is 0 Å². The fourth-order valence-corrected chi connectivity index (χ4v) is 9.64. The molecular formula is C28H48O3S. The Balaban J connectivity index is 1.47. The fourth-order valence-electron chi connectivity index (χ4n) is 8.98. The van der Waals surface area contributed by atoms with Gasteiger partial charge in [-0.3, -0.25) is 4.18 Å². The molecule has 0 spiro atoms. The van der Waals surface area contributed by atoms with Crippen LogP contribution < -0.4 is 0 Å². The van der Waals surface area contributed by atoms with Crippen molar-refractivity contribution in [3.05, 3.63) is 11.6 Å². The molecule has 0 aromatic carbocycles. The lowest BCUT2D eigenvalue weighted by molar-refractivity contribution is -0.0556. The van der Waals surface area contributed by atoms with Crippen molar-refractivity contribution >= 4 is 10.1 Å². The van der Waals surface area contributed by atoms with Crippen LogP contribution in [0.15, 0.2) is 11.6 Å². The highest BCUT2D eigenvalue weighted by molar-refractivity contribution is 7.86. The zero-order valence-electron chi connectivity index (χ0n) is 21.5. The van der Waals surface area contributed by atoms with Gasteiger partial charge in [-0.1, -0.05) is 65.5 Å². The standard InChI is InChI=1S/C28H48O3S/c1-19(2)8-7-9-20(3)24-12-13-25-23-11-10-21-18-22(31-32(6,29)30)14-16-27(21,4)26(23)15-17-28(24,25)5/h10,19-20,22-26H,7-9,11-18H2,1-6H3/t20-,22+,23+,24-,25+,26+,27+,28-/m1/s1. The molecule has 3 saturated carbocycles. The van der Waals surface area contributed by atoms with Gasteiger partial charge in [0.2, 0.25) is 0 Å². The highest BCUT2D eigenvalue weighted by Gasteiger charge is 2.59. The zero-order chi connectivity index (χ0) is 23.3. The molecule has 0 amide bonds. The third kappa shape index (κ3) is 4.61. The van der Waals surface area contributed by atoms with E-state index in [4.69, 9.17) is 4.18 Å². The molecule has 184 valence electrons. The van der Waals surface area contributed by atoms with Gasteiger partial charge < -0.3 is 0 Å². The molecule has 0 N–H and O–H groups in total. The molecule has 4 rings (SSSR count). The van der Waals surface area contributed by atoms with E-state index in [0.717, 1.165) is 54.8 Å². The van der Waals surface area contributed by atoms with Crippen molar-refractivity contribution in [2.75, 3.05) is 6.26 Å². The van der Waals surface area contributed by atoms with E-state index in [2.05, 4.69) is 40.7 Å². The summed E-state index contributed by atoms with van der Waals surface area (Å²) >= 11 is 0. The topological polar surface area (TPSA) is 43.4 Å². The van der Waals surface area contributed by atoms with Crippen LogP contribution in [0.5, 0.6) is 0 Å². The molecule has 0 unspecified atom stereocenters. The molecule has 4 heteroatoms. The summed E-state index contributed by atoms with van der Waals surface area (Å²) in [5.41, 5.74) is 2.28. The van der Waals surface area contributed by atoms with Gasteiger partial charge in [-0.2, -0.15) is 8.42 Å². The molecule has 3 fully saturated rings. The van der Waals surface area contributed by atoms with Crippen molar-refractivity contribution in [2.45, 2.75) is 111 Å². The zero-order valence-corrected chi connectivity index (χ0v) is 22.3. The molecule has 4 aliphatic rings. The second-order valence-electron chi connectivity index (χ2n) is 13.0. The minimum absolute atomic E-state index is 0.155. The average Bonchev–Trinajstić information content (AvgIpc) is 3.04. The van der Waals surface area contributed by atoms with Crippen LogP contribution in [0, 0.1) is 46.3 Å². The smallest absolute Gasteiger partial charge is 0.264 e. The summed E-state index contributed by atoms with van der Waals surface area (Å²) in [5, 5.41) is 0. The quantitative estimate of drug-likeness (QED) is 0.292. The predicted molar refractivity (Wildman–Crippen MR) is 133 cm³/mol. The SMILES string of the molecule is CC(C)CCC[C@@H](C)[C@H]1CC[C@H]2[C@@H]3CC=C4C[C@@H](OS(C)(=O)=O)CC[C@]4(C)[C@H]3CC[C@]12C. The first-order chi connectivity index (χ1) is 14.9. The van der Waals surface area contributed by atoms with Gasteiger partial charge in [0.25, 0.3) is 10.1 Å². The lowest BCUT2D eigenvalue weighted by Gasteiger charge is -2.58. The second kappa shape index (κ2) is 9.02. The van der Waals surface area contributed by atoms with Gasteiger partial charge in [0.15, 0.2) is 0 Å². The van der Waals surface area contributed by atoms with Crippen LogP contribution >= 0.6 is 0 Å². The summed E-state index contributed by atoms with van der Waals surface area (Å²) < 4.78 is 28.8. The van der Waals surface area contributed by atoms with Crippen molar-refractivity contribution < 1.29 is 12.6 Å². The number of allylic oxidation sites excluding steroid dienone is 1. The first-order valence-electron chi connectivity index (χ1n) is 13.5. The average molecular weight is 465 g/mol. The molecule has 0 bridgehead atoms. The van der Waals surface area contributed by atoms with Gasteiger partial charge in [0.05, 0.1) is 12.4 Å².